The van der Waals surface area contributed by atoms with Gasteiger partial charge in [-0.15, -0.1) is 0 Å². The summed E-state index contributed by atoms with van der Waals surface area (Å²) in [4.78, 5) is 8.93. The predicted octanol–water partition coefficient (Wildman–Crippen LogP) is 3.45. The number of aromatic nitrogens is 4. The van der Waals surface area contributed by atoms with Gasteiger partial charge in [-0.05, 0) is 18.2 Å². The van der Waals surface area contributed by atoms with Gasteiger partial charge in [0, 0.05) is 36.2 Å². The Hall–Kier alpha value is -3.59. The number of nitrogens with one attached hydrogen (secondary N) is 3. The van der Waals surface area contributed by atoms with Gasteiger partial charge in [-0.3, -0.25) is 5.10 Å². The number of halogens is 2. The van der Waals surface area contributed by atoms with Gasteiger partial charge in [-0.2, -0.15) is 10.1 Å². The predicted molar refractivity (Wildman–Crippen MR) is 103 cm³/mol. The third kappa shape index (κ3) is 3.74. The summed E-state index contributed by atoms with van der Waals surface area (Å²) in [5, 5.41) is 13.9. The minimum atomic E-state index is -0.627. The second kappa shape index (κ2) is 7.57. The molecule has 0 aliphatic rings. The van der Waals surface area contributed by atoms with Crippen LogP contribution in [0.1, 0.15) is 11.3 Å². The summed E-state index contributed by atoms with van der Waals surface area (Å²) >= 11 is 0. The van der Waals surface area contributed by atoms with Crippen molar-refractivity contribution in [3.63, 3.8) is 0 Å². The molecule has 0 amide bonds. The molecule has 9 heteroatoms. The van der Waals surface area contributed by atoms with Crippen LogP contribution in [0.25, 0.3) is 10.9 Å². The molecule has 0 saturated heterocycles. The number of para-hydroxylation sites is 1. The minimum absolute atomic E-state index is 0.115. The summed E-state index contributed by atoms with van der Waals surface area (Å²) in [6.07, 6.45) is 0. The number of nitrogens with two attached hydrogens (primary N) is 1. The topological polar surface area (TPSA) is 105 Å². The number of benzene rings is 2. The van der Waals surface area contributed by atoms with E-state index in [4.69, 9.17) is 5.73 Å². The van der Waals surface area contributed by atoms with Crippen LogP contribution in [0, 0.1) is 11.6 Å². The molecule has 0 fully saturated rings. The van der Waals surface area contributed by atoms with E-state index in [1.165, 1.54) is 12.1 Å². The molecule has 2 aromatic heterocycles. The lowest BCUT2D eigenvalue weighted by Crippen LogP contribution is -2.07. The number of anilines is 3. The summed E-state index contributed by atoms with van der Waals surface area (Å²) in [6.45, 7) is 0.457. The van der Waals surface area contributed by atoms with Crippen LogP contribution >= 0.6 is 0 Å². The lowest BCUT2D eigenvalue weighted by atomic mass is 10.2. The lowest BCUT2D eigenvalue weighted by Gasteiger charge is -2.11. The van der Waals surface area contributed by atoms with Gasteiger partial charge in [0.1, 0.15) is 17.5 Å². The standard InChI is InChI=1S/C19H17F2N7/c20-12-6-5-11(15(21)7-12)10-23-19-24-16-4-2-1-3-14(16)18(26-19)25-17-8-13(9-22)27-28-17/h1-8H,9-10,22H2,(H3,23,24,25,26,27,28). The minimum Gasteiger partial charge on any atom is -0.350 e. The molecule has 0 aliphatic heterocycles. The average Bonchev–Trinajstić information content (AvgIpc) is 3.15. The fourth-order valence-electron chi connectivity index (χ4n) is 2.74. The highest BCUT2D eigenvalue weighted by Crippen LogP contribution is 2.25. The van der Waals surface area contributed by atoms with Crippen molar-refractivity contribution < 1.29 is 8.78 Å². The molecule has 0 atom stereocenters. The fraction of sp³-hybridized carbons (Fsp3) is 0.105. The molecule has 2 aromatic carbocycles. The molecule has 0 saturated carbocycles. The Morgan fingerprint density at radius 2 is 1.89 bits per heavy atom. The van der Waals surface area contributed by atoms with Crippen LogP contribution in [0.2, 0.25) is 0 Å². The molecule has 0 radical (unpaired) electrons. The third-order valence-corrected chi connectivity index (χ3v) is 4.15. The first kappa shape index (κ1) is 17.8. The second-order valence-electron chi connectivity index (χ2n) is 6.11. The zero-order valence-corrected chi connectivity index (χ0v) is 14.7. The Morgan fingerprint density at radius 3 is 2.68 bits per heavy atom. The van der Waals surface area contributed by atoms with Crippen molar-refractivity contribution in [2.24, 2.45) is 5.73 Å². The summed E-state index contributed by atoms with van der Waals surface area (Å²) in [5.74, 6) is 0.171. The summed E-state index contributed by atoms with van der Waals surface area (Å²) in [5.41, 5.74) is 7.40. The van der Waals surface area contributed by atoms with Crippen molar-refractivity contribution in [1.82, 2.24) is 20.2 Å². The van der Waals surface area contributed by atoms with Gasteiger partial charge < -0.3 is 16.4 Å². The van der Waals surface area contributed by atoms with Crippen molar-refractivity contribution >= 4 is 28.5 Å². The highest BCUT2D eigenvalue weighted by molar-refractivity contribution is 5.91. The highest BCUT2D eigenvalue weighted by Gasteiger charge is 2.10. The molecule has 0 aliphatic carbocycles. The smallest absolute Gasteiger partial charge is 0.225 e. The molecular weight excluding hydrogens is 364 g/mol. The third-order valence-electron chi connectivity index (χ3n) is 4.15. The monoisotopic (exact) mass is 381 g/mol. The van der Waals surface area contributed by atoms with E-state index in [0.29, 0.717) is 35.2 Å². The van der Waals surface area contributed by atoms with Gasteiger partial charge in [0.25, 0.3) is 0 Å². The number of hydrogen-bond donors (Lipinski definition) is 4. The fourth-order valence-corrected chi connectivity index (χ4v) is 2.74. The Morgan fingerprint density at radius 1 is 1.04 bits per heavy atom. The van der Waals surface area contributed by atoms with E-state index in [1.54, 1.807) is 6.07 Å². The van der Waals surface area contributed by atoms with Crippen LogP contribution in [-0.2, 0) is 13.1 Å². The molecular formula is C19H17F2N7. The summed E-state index contributed by atoms with van der Waals surface area (Å²) < 4.78 is 26.9. The zero-order chi connectivity index (χ0) is 19.5. The van der Waals surface area contributed by atoms with Crippen LogP contribution in [0.3, 0.4) is 0 Å². The number of rotatable bonds is 6. The quantitative estimate of drug-likeness (QED) is 0.408. The van der Waals surface area contributed by atoms with Crippen molar-refractivity contribution in [2.45, 2.75) is 13.1 Å². The van der Waals surface area contributed by atoms with Crippen LogP contribution in [0.4, 0.5) is 26.4 Å². The molecule has 0 bridgehead atoms. The summed E-state index contributed by atoms with van der Waals surface area (Å²) in [6, 6.07) is 12.7. The largest absolute Gasteiger partial charge is 0.350 e. The molecule has 0 unspecified atom stereocenters. The molecule has 0 spiro atoms. The Labute approximate surface area is 159 Å². The Bertz CT molecular complexity index is 1130. The van der Waals surface area contributed by atoms with E-state index >= 15 is 0 Å². The molecule has 4 rings (SSSR count). The van der Waals surface area contributed by atoms with Crippen molar-refractivity contribution in [3.8, 4) is 0 Å². The van der Waals surface area contributed by atoms with Gasteiger partial charge in [-0.1, -0.05) is 18.2 Å². The average molecular weight is 381 g/mol. The van der Waals surface area contributed by atoms with Gasteiger partial charge in [0.05, 0.1) is 11.2 Å². The molecule has 28 heavy (non-hydrogen) atoms. The number of nitrogens with zero attached hydrogens (tertiary/aromatic N) is 3. The van der Waals surface area contributed by atoms with Gasteiger partial charge in [0.2, 0.25) is 5.95 Å². The van der Waals surface area contributed by atoms with Crippen LogP contribution in [-0.4, -0.2) is 20.2 Å². The zero-order valence-electron chi connectivity index (χ0n) is 14.7. The van der Waals surface area contributed by atoms with Crippen LogP contribution in [0.15, 0.2) is 48.5 Å². The number of aromatic amines is 1. The maximum atomic E-state index is 13.9. The number of hydrogen-bond acceptors (Lipinski definition) is 6. The first-order chi connectivity index (χ1) is 13.6. The molecule has 5 N–H and O–H groups in total. The van der Waals surface area contributed by atoms with E-state index in [0.717, 1.165) is 17.1 Å². The van der Waals surface area contributed by atoms with Crippen molar-refractivity contribution in [3.05, 3.63) is 71.4 Å². The Balaban J connectivity index is 1.63. The van der Waals surface area contributed by atoms with E-state index in [2.05, 4.69) is 30.8 Å². The van der Waals surface area contributed by atoms with E-state index < -0.39 is 11.6 Å². The number of H-pyrrole nitrogens is 1. The van der Waals surface area contributed by atoms with Gasteiger partial charge in [0.15, 0.2) is 5.82 Å². The molecule has 7 nitrogen and oxygen atoms in total. The first-order valence-electron chi connectivity index (χ1n) is 8.58. The second-order valence-corrected chi connectivity index (χ2v) is 6.11. The maximum absolute atomic E-state index is 13.9. The van der Waals surface area contributed by atoms with Crippen molar-refractivity contribution in [2.75, 3.05) is 10.6 Å². The van der Waals surface area contributed by atoms with Crippen LogP contribution < -0.4 is 16.4 Å². The van der Waals surface area contributed by atoms with E-state index in [1.807, 2.05) is 24.3 Å². The number of fused-ring (bicyclic) bond motifs is 1. The molecule has 142 valence electrons. The lowest BCUT2D eigenvalue weighted by molar-refractivity contribution is 0.574. The van der Waals surface area contributed by atoms with E-state index in [9.17, 15) is 8.78 Å². The van der Waals surface area contributed by atoms with E-state index in [-0.39, 0.29) is 6.54 Å². The normalized spacial score (nSPS) is 11.0. The Kier molecular flexibility index (Phi) is 4.81. The van der Waals surface area contributed by atoms with Crippen molar-refractivity contribution in [1.29, 1.82) is 0 Å². The first-order valence-corrected chi connectivity index (χ1v) is 8.58. The van der Waals surface area contributed by atoms with Gasteiger partial charge in [-0.25, -0.2) is 13.8 Å². The molecule has 4 aromatic rings. The maximum Gasteiger partial charge on any atom is 0.225 e. The SMILES string of the molecule is NCc1cc(Nc2nc(NCc3ccc(F)cc3F)nc3ccccc23)n[nH]1. The van der Waals surface area contributed by atoms with Gasteiger partial charge >= 0.3 is 0 Å². The highest BCUT2D eigenvalue weighted by atomic mass is 19.1. The van der Waals surface area contributed by atoms with Crippen LogP contribution in [0.5, 0.6) is 0 Å². The summed E-state index contributed by atoms with van der Waals surface area (Å²) in [7, 11) is 0. The molecule has 2 heterocycles.